The molecule has 278 valence electrons. The fourth-order valence-corrected chi connectivity index (χ4v) is 8.94. The lowest BCUT2D eigenvalue weighted by atomic mass is 9.79. The quantitative estimate of drug-likeness (QED) is 0.102. The van der Waals surface area contributed by atoms with Crippen molar-refractivity contribution in [1.82, 2.24) is 0 Å². The summed E-state index contributed by atoms with van der Waals surface area (Å²) in [5, 5.41) is 12.2. The lowest BCUT2D eigenvalue weighted by Gasteiger charge is -2.51. The van der Waals surface area contributed by atoms with Gasteiger partial charge in [0, 0.05) is 25.6 Å². The van der Waals surface area contributed by atoms with Gasteiger partial charge in [-0.2, -0.15) is 0 Å². The molecule has 0 radical (unpaired) electrons. The number of carbonyl (C=O) groups excluding carboxylic acids is 1. The van der Waals surface area contributed by atoms with E-state index in [2.05, 4.69) is 102 Å². The van der Waals surface area contributed by atoms with Gasteiger partial charge in [0.25, 0.3) is 0 Å². The van der Waals surface area contributed by atoms with Crippen molar-refractivity contribution in [2.75, 3.05) is 20.8 Å². The summed E-state index contributed by atoms with van der Waals surface area (Å²) in [7, 11) is -3.19. The molecular weight excluding hydrogens is 645 g/mol. The van der Waals surface area contributed by atoms with Crippen LogP contribution in [0.1, 0.15) is 95.4 Å². The number of ether oxygens (including phenoxy) is 3. The lowest BCUT2D eigenvalue weighted by Crippen LogP contribution is -2.60. The molecule has 0 unspecified atom stereocenters. The Morgan fingerprint density at radius 2 is 1.36 bits per heavy atom. The van der Waals surface area contributed by atoms with E-state index in [4.69, 9.17) is 27.5 Å². The highest BCUT2D eigenvalue weighted by atomic mass is 28.4. The Bertz CT molecular complexity index is 1020. The van der Waals surface area contributed by atoms with E-state index in [0.717, 1.165) is 0 Å². The van der Waals surface area contributed by atoms with Crippen molar-refractivity contribution < 1.29 is 37.4 Å². The van der Waals surface area contributed by atoms with Crippen LogP contribution < -0.4 is 0 Å². The van der Waals surface area contributed by atoms with E-state index >= 15 is 0 Å². The number of aliphatic hydroxyl groups is 1. The first kappa shape index (κ1) is 44.6. The lowest BCUT2D eigenvalue weighted by molar-refractivity contribution is -0.288. The minimum absolute atomic E-state index is 0.0182. The molecule has 0 aliphatic carbocycles. The molecule has 0 saturated carbocycles. The molecule has 8 nitrogen and oxygen atoms in total. The van der Waals surface area contributed by atoms with E-state index < -0.39 is 36.8 Å². The van der Waals surface area contributed by atoms with Crippen LogP contribution in [0.2, 0.25) is 54.4 Å². The minimum atomic E-state index is -2.21. The molecule has 11 heteroatoms. The average molecular weight is 719 g/mol. The van der Waals surface area contributed by atoms with E-state index in [1.165, 1.54) is 7.11 Å². The second-order valence-electron chi connectivity index (χ2n) is 18.4. The summed E-state index contributed by atoms with van der Waals surface area (Å²) in [6, 6.07) is 0. The van der Waals surface area contributed by atoms with Crippen molar-refractivity contribution >= 4 is 30.9 Å². The van der Waals surface area contributed by atoms with Gasteiger partial charge in [0.2, 0.25) is 0 Å². The summed E-state index contributed by atoms with van der Waals surface area (Å²) >= 11 is 0. The molecule has 0 spiro atoms. The summed E-state index contributed by atoms with van der Waals surface area (Å²) in [6.07, 6.45) is 3.62. The first-order valence-corrected chi connectivity index (χ1v) is 26.4. The van der Waals surface area contributed by atoms with Gasteiger partial charge in [0.05, 0.1) is 37.9 Å². The first-order valence-electron chi connectivity index (χ1n) is 17.6. The van der Waals surface area contributed by atoms with Gasteiger partial charge in [-0.3, -0.25) is 4.79 Å². The van der Waals surface area contributed by atoms with Crippen molar-refractivity contribution in [3.05, 3.63) is 12.2 Å². The summed E-state index contributed by atoms with van der Waals surface area (Å²) in [6.45, 7) is 38.2. The number of esters is 1. The first-order chi connectivity index (χ1) is 21.0. The van der Waals surface area contributed by atoms with Crippen LogP contribution in [0.25, 0.3) is 0 Å². The van der Waals surface area contributed by atoms with Crippen molar-refractivity contribution in [3.63, 3.8) is 0 Å². The molecule has 1 N–H and O–H groups in total. The van der Waals surface area contributed by atoms with E-state index in [9.17, 15) is 9.90 Å². The van der Waals surface area contributed by atoms with Crippen LogP contribution in [0.5, 0.6) is 0 Å². The smallest absolute Gasteiger partial charge is 0.308 e. The van der Waals surface area contributed by atoms with Gasteiger partial charge in [-0.05, 0) is 73.3 Å². The monoisotopic (exact) mass is 718 g/mol. The van der Waals surface area contributed by atoms with Crippen molar-refractivity contribution in [3.8, 4) is 0 Å². The predicted molar refractivity (Wildman–Crippen MR) is 201 cm³/mol. The molecule has 47 heavy (non-hydrogen) atoms. The van der Waals surface area contributed by atoms with E-state index in [0.29, 0.717) is 19.4 Å². The third kappa shape index (κ3) is 11.8. The normalized spacial score (nSPS) is 26.8. The SMILES string of the molecule is COC(=O)C[C@H]1O[C@@](O)(/C=C/C[C@H](OC)[C@H](CCO[Si](C)(C)C(C)(C)C)O[Si](C)(C)C(C)(C)C)[C@H](C)[C@@H](O[Si](C)(C)C(C)(C)C)[C@H]1C. The molecule has 0 bridgehead atoms. The van der Waals surface area contributed by atoms with Gasteiger partial charge in [0.15, 0.2) is 30.7 Å². The van der Waals surface area contributed by atoms with Crippen LogP contribution >= 0.6 is 0 Å². The second kappa shape index (κ2) is 16.3. The summed E-state index contributed by atoms with van der Waals surface area (Å²) in [5.74, 6) is -2.52. The Hall–Kier alpha value is -0.379. The van der Waals surface area contributed by atoms with Crippen LogP contribution in [0.4, 0.5) is 0 Å². The summed E-state index contributed by atoms with van der Waals surface area (Å²) in [4.78, 5) is 12.4. The molecule has 1 aliphatic heterocycles. The number of methoxy groups -OCH3 is 2. The Labute approximate surface area is 292 Å². The van der Waals surface area contributed by atoms with Crippen molar-refractivity contribution in [2.45, 2.75) is 180 Å². The van der Waals surface area contributed by atoms with Gasteiger partial charge < -0.3 is 32.6 Å². The van der Waals surface area contributed by atoms with Crippen LogP contribution in [0.3, 0.4) is 0 Å². The van der Waals surface area contributed by atoms with Gasteiger partial charge in [0.1, 0.15) is 0 Å². The molecule has 0 amide bonds. The number of hydrogen-bond donors (Lipinski definition) is 1. The molecule has 7 atom stereocenters. The van der Waals surface area contributed by atoms with Crippen LogP contribution in [-0.4, -0.2) is 87.1 Å². The van der Waals surface area contributed by atoms with Crippen LogP contribution in [0.15, 0.2) is 12.2 Å². The Balaban J connectivity index is 3.40. The predicted octanol–water partition coefficient (Wildman–Crippen LogP) is 9.06. The topological polar surface area (TPSA) is 92.7 Å². The van der Waals surface area contributed by atoms with Gasteiger partial charge in [-0.1, -0.05) is 82.2 Å². The zero-order valence-corrected chi connectivity index (χ0v) is 36.8. The second-order valence-corrected chi connectivity index (χ2v) is 32.7. The molecule has 1 rings (SSSR count). The third-order valence-electron chi connectivity index (χ3n) is 11.8. The largest absolute Gasteiger partial charge is 0.469 e. The fraction of sp³-hybridized carbons (Fsp3) is 0.917. The van der Waals surface area contributed by atoms with Gasteiger partial charge >= 0.3 is 5.97 Å². The summed E-state index contributed by atoms with van der Waals surface area (Å²) in [5.41, 5.74) is 0. The maximum Gasteiger partial charge on any atom is 0.308 e. The molecule has 0 aromatic heterocycles. The van der Waals surface area contributed by atoms with Gasteiger partial charge in [-0.15, -0.1) is 0 Å². The zero-order chi connectivity index (χ0) is 37.0. The Morgan fingerprint density at radius 3 is 1.81 bits per heavy atom. The molecule has 1 aliphatic rings. The summed E-state index contributed by atoms with van der Waals surface area (Å²) < 4.78 is 38.0. The fourth-order valence-electron chi connectivity index (χ4n) is 5.05. The van der Waals surface area contributed by atoms with Crippen LogP contribution in [0, 0.1) is 11.8 Å². The Morgan fingerprint density at radius 1 is 0.851 bits per heavy atom. The van der Waals surface area contributed by atoms with Crippen molar-refractivity contribution in [2.24, 2.45) is 11.8 Å². The average Bonchev–Trinajstić information content (AvgIpc) is 2.89. The van der Waals surface area contributed by atoms with Gasteiger partial charge in [-0.25, -0.2) is 0 Å². The molecule has 1 heterocycles. The van der Waals surface area contributed by atoms with E-state index in [1.54, 1.807) is 13.2 Å². The third-order valence-corrected chi connectivity index (χ3v) is 25.3. The molecule has 1 saturated heterocycles. The molecule has 0 aromatic carbocycles. The minimum Gasteiger partial charge on any atom is -0.469 e. The van der Waals surface area contributed by atoms with Crippen LogP contribution in [-0.2, 0) is 32.3 Å². The molecule has 1 fully saturated rings. The highest BCUT2D eigenvalue weighted by Crippen LogP contribution is 2.45. The highest BCUT2D eigenvalue weighted by molar-refractivity contribution is 6.75. The number of hydrogen-bond acceptors (Lipinski definition) is 8. The zero-order valence-electron chi connectivity index (χ0n) is 33.8. The number of rotatable bonds is 15. The molecule has 0 aromatic rings. The number of carbonyl (C=O) groups is 1. The van der Waals surface area contributed by atoms with E-state index in [1.807, 2.05) is 19.9 Å². The maximum atomic E-state index is 12.4. The Kier molecular flexibility index (Phi) is 15.5. The molecular formula is C36H74O8Si3. The van der Waals surface area contributed by atoms with E-state index in [-0.39, 0.29) is 57.7 Å². The maximum absolute atomic E-state index is 12.4. The standard InChI is InChI=1S/C36H74O8Si3/c1-26-30(25-31(37)40-13)42-36(38,27(2)32(26)44-47(18,19)35(9,10)11)23-20-21-28(39-12)29(43-46(16,17)34(6,7)8)22-24-41-45(14,15)33(3,4)5/h20,23,26-30,32,38H,21-22,24-25H2,1-19H3/b23-20+/t26-,27+,28-,29-,30+,32-,36-/m0/s1. The van der Waals surface area contributed by atoms with Crippen molar-refractivity contribution in [1.29, 1.82) is 0 Å². The highest BCUT2D eigenvalue weighted by Gasteiger charge is 2.53.